The van der Waals surface area contributed by atoms with Crippen LogP contribution in [0.15, 0.2) is 48.5 Å². The number of halogens is 4. The van der Waals surface area contributed by atoms with Crippen molar-refractivity contribution in [2.45, 2.75) is 30.7 Å². The first kappa shape index (κ1) is 24.7. The van der Waals surface area contributed by atoms with Crippen LogP contribution in [0.3, 0.4) is 0 Å². The molecular weight excluding hydrogens is 465 g/mol. The average molecular weight is 491 g/mol. The highest BCUT2D eigenvalue weighted by Gasteiger charge is 2.48. The predicted octanol–water partition coefficient (Wildman–Crippen LogP) is 4.58. The van der Waals surface area contributed by atoms with E-state index in [0.29, 0.717) is 5.92 Å². The van der Waals surface area contributed by atoms with Gasteiger partial charge in [0.2, 0.25) is 0 Å². The Morgan fingerprint density at radius 3 is 2.28 bits per heavy atom. The third-order valence-electron chi connectivity index (χ3n) is 6.11. The van der Waals surface area contributed by atoms with Crippen molar-refractivity contribution >= 4 is 28.2 Å². The Labute approximate surface area is 192 Å². The van der Waals surface area contributed by atoms with Crippen molar-refractivity contribution in [2.24, 2.45) is 0 Å². The van der Waals surface area contributed by atoms with E-state index < -0.39 is 15.6 Å². The van der Waals surface area contributed by atoms with Gasteiger partial charge in [-0.3, -0.25) is 4.90 Å². The second kappa shape index (κ2) is 9.89. The molecule has 176 valence electrons. The minimum Gasteiger partial charge on any atom is -0.376 e. The number of fused-ring (bicyclic) bond motifs is 1. The number of nitrogens with zero attached hydrogens (tertiary/aromatic N) is 2. The van der Waals surface area contributed by atoms with E-state index in [1.54, 1.807) is 12.1 Å². The summed E-state index contributed by atoms with van der Waals surface area (Å²) in [4.78, 5) is 4.59. The van der Waals surface area contributed by atoms with Gasteiger partial charge in [-0.25, -0.2) is 0 Å². The lowest BCUT2D eigenvalue weighted by molar-refractivity contribution is -0.0500. The van der Waals surface area contributed by atoms with Crippen LogP contribution in [-0.4, -0.2) is 51.5 Å². The van der Waals surface area contributed by atoms with Crippen LogP contribution in [0.25, 0.3) is 0 Å². The zero-order valence-electron chi connectivity index (χ0n) is 17.4. The molecule has 1 aliphatic heterocycles. The van der Waals surface area contributed by atoms with E-state index in [2.05, 4.69) is 38.2 Å². The third kappa shape index (κ3) is 5.50. The molecule has 0 bridgehead atoms. The Balaban J connectivity index is 0.00000289. The molecule has 0 aromatic heterocycles. The molecule has 0 amide bonds. The summed E-state index contributed by atoms with van der Waals surface area (Å²) in [7, 11) is -5.65. The first-order chi connectivity index (χ1) is 14.7. The molecule has 0 N–H and O–H groups in total. The summed E-state index contributed by atoms with van der Waals surface area (Å²) in [5, 5.41) is 0. The van der Waals surface area contributed by atoms with Gasteiger partial charge in [-0.15, -0.1) is 12.4 Å². The van der Waals surface area contributed by atoms with Gasteiger partial charge in [-0.05, 0) is 67.1 Å². The molecular formula is C22H26ClF3N2O3S. The Morgan fingerprint density at radius 2 is 1.62 bits per heavy atom. The van der Waals surface area contributed by atoms with Crippen molar-refractivity contribution in [3.05, 3.63) is 59.7 Å². The maximum Gasteiger partial charge on any atom is 0.534 e. The van der Waals surface area contributed by atoms with Gasteiger partial charge in [0.05, 0.1) is 0 Å². The van der Waals surface area contributed by atoms with Crippen LogP contribution in [0.5, 0.6) is 5.75 Å². The van der Waals surface area contributed by atoms with Crippen LogP contribution < -0.4 is 9.08 Å². The molecule has 1 aliphatic carbocycles. The maximum atomic E-state index is 12.4. The number of hydrogen-bond acceptors (Lipinski definition) is 5. The number of aryl methyl sites for hydroxylation is 1. The van der Waals surface area contributed by atoms with E-state index in [-0.39, 0.29) is 18.2 Å². The fourth-order valence-corrected chi connectivity index (χ4v) is 4.86. The average Bonchev–Trinajstić information content (AvgIpc) is 3.15. The number of alkyl halides is 3. The van der Waals surface area contributed by atoms with Crippen LogP contribution in [0.4, 0.5) is 18.9 Å². The number of piperazine rings is 1. The number of hydrogen-bond donors (Lipinski definition) is 0. The highest BCUT2D eigenvalue weighted by atomic mass is 35.5. The summed E-state index contributed by atoms with van der Waals surface area (Å²) in [6.07, 6.45) is 3.53. The van der Waals surface area contributed by atoms with Gasteiger partial charge >= 0.3 is 15.6 Å². The number of rotatable bonds is 6. The molecule has 0 saturated carbocycles. The Bertz CT molecular complexity index is 1010. The number of benzene rings is 2. The van der Waals surface area contributed by atoms with Crippen molar-refractivity contribution in [2.75, 3.05) is 37.6 Å². The van der Waals surface area contributed by atoms with E-state index in [4.69, 9.17) is 0 Å². The molecule has 1 saturated heterocycles. The summed E-state index contributed by atoms with van der Waals surface area (Å²) in [5.41, 5.74) is -1.63. The lowest BCUT2D eigenvalue weighted by atomic mass is 9.97. The monoisotopic (exact) mass is 490 g/mol. The standard InChI is InChI=1S/C22H25F3N2O3S.ClH/c23-22(24,25)31(28,29)30-20-9-7-19(8-10-20)27-15-13-26(14-16-27)12-11-18-6-5-17-3-1-2-4-21(17)18;/h1-4,7-10,18H,5-6,11-16H2;1H. The second-order valence-electron chi connectivity index (χ2n) is 8.03. The molecule has 1 fully saturated rings. The Hall–Kier alpha value is -1.97. The molecule has 4 rings (SSSR count). The summed E-state index contributed by atoms with van der Waals surface area (Å²) >= 11 is 0. The minimum atomic E-state index is -5.65. The highest BCUT2D eigenvalue weighted by molar-refractivity contribution is 7.88. The fourth-order valence-electron chi connectivity index (χ4n) is 4.40. The first-order valence-electron chi connectivity index (χ1n) is 10.4. The lowest BCUT2D eigenvalue weighted by Crippen LogP contribution is -2.46. The summed E-state index contributed by atoms with van der Waals surface area (Å²) in [6.45, 7) is 4.49. The molecule has 2 aliphatic rings. The normalized spacial score (nSPS) is 19.3. The zero-order valence-corrected chi connectivity index (χ0v) is 19.1. The topological polar surface area (TPSA) is 49.9 Å². The largest absolute Gasteiger partial charge is 0.534 e. The van der Waals surface area contributed by atoms with Gasteiger partial charge in [0.1, 0.15) is 5.75 Å². The Morgan fingerprint density at radius 1 is 0.969 bits per heavy atom. The molecule has 2 aromatic carbocycles. The van der Waals surface area contributed by atoms with Crippen molar-refractivity contribution in [1.29, 1.82) is 0 Å². The Kier molecular flexibility index (Phi) is 7.62. The van der Waals surface area contributed by atoms with Gasteiger partial charge in [0.15, 0.2) is 0 Å². The quantitative estimate of drug-likeness (QED) is 0.438. The number of anilines is 1. The second-order valence-corrected chi connectivity index (χ2v) is 9.57. The fraction of sp³-hybridized carbons (Fsp3) is 0.455. The van der Waals surface area contributed by atoms with E-state index in [0.717, 1.165) is 44.8 Å². The predicted molar refractivity (Wildman–Crippen MR) is 120 cm³/mol. The molecule has 5 nitrogen and oxygen atoms in total. The van der Waals surface area contributed by atoms with Crippen LogP contribution in [-0.2, 0) is 16.5 Å². The van der Waals surface area contributed by atoms with Crippen molar-refractivity contribution < 1.29 is 25.8 Å². The summed E-state index contributed by atoms with van der Waals surface area (Å²) in [6, 6.07) is 14.4. The van der Waals surface area contributed by atoms with Crippen molar-refractivity contribution in [3.63, 3.8) is 0 Å². The smallest absolute Gasteiger partial charge is 0.376 e. The summed E-state index contributed by atoms with van der Waals surface area (Å²) < 4.78 is 63.7. The molecule has 2 aromatic rings. The first-order valence-corrected chi connectivity index (χ1v) is 11.8. The molecule has 0 radical (unpaired) electrons. The molecule has 0 spiro atoms. The van der Waals surface area contributed by atoms with E-state index in [1.807, 2.05) is 0 Å². The highest BCUT2D eigenvalue weighted by Crippen LogP contribution is 2.35. The molecule has 32 heavy (non-hydrogen) atoms. The van der Waals surface area contributed by atoms with E-state index in [9.17, 15) is 21.6 Å². The van der Waals surface area contributed by atoms with Crippen LogP contribution in [0, 0.1) is 0 Å². The summed E-state index contributed by atoms with van der Waals surface area (Å²) in [5.74, 6) is 0.284. The molecule has 1 unspecified atom stereocenters. The van der Waals surface area contributed by atoms with Crippen LogP contribution in [0.2, 0.25) is 0 Å². The SMILES string of the molecule is Cl.O=S(=O)(Oc1ccc(N2CCN(CCC3CCc4ccccc43)CC2)cc1)C(F)(F)F. The minimum absolute atomic E-state index is 0. The maximum absolute atomic E-state index is 12.4. The van der Waals surface area contributed by atoms with Gasteiger partial charge < -0.3 is 9.08 Å². The van der Waals surface area contributed by atoms with Gasteiger partial charge in [0.25, 0.3) is 0 Å². The van der Waals surface area contributed by atoms with Gasteiger partial charge in [-0.2, -0.15) is 21.6 Å². The van der Waals surface area contributed by atoms with Crippen molar-refractivity contribution in [1.82, 2.24) is 4.90 Å². The molecule has 1 heterocycles. The van der Waals surface area contributed by atoms with E-state index in [1.165, 1.54) is 36.1 Å². The van der Waals surface area contributed by atoms with Gasteiger partial charge in [0, 0.05) is 31.9 Å². The van der Waals surface area contributed by atoms with E-state index >= 15 is 0 Å². The van der Waals surface area contributed by atoms with Crippen LogP contribution in [0.1, 0.15) is 29.9 Å². The zero-order chi connectivity index (χ0) is 22.1. The van der Waals surface area contributed by atoms with Crippen LogP contribution >= 0.6 is 12.4 Å². The van der Waals surface area contributed by atoms with Crippen molar-refractivity contribution in [3.8, 4) is 5.75 Å². The van der Waals surface area contributed by atoms with Gasteiger partial charge in [-0.1, -0.05) is 24.3 Å². The molecule has 10 heteroatoms. The molecule has 1 atom stereocenters. The third-order valence-corrected chi connectivity index (χ3v) is 7.09. The lowest BCUT2D eigenvalue weighted by Gasteiger charge is -2.36.